The molecule has 1 saturated heterocycles. The molecule has 1 atom stereocenters. The van der Waals surface area contributed by atoms with Crippen LogP contribution < -0.4 is 0 Å². The summed E-state index contributed by atoms with van der Waals surface area (Å²) in [6, 6.07) is 3.06. The second kappa shape index (κ2) is 11.0. The minimum absolute atomic E-state index is 0.0518. The first-order chi connectivity index (χ1) is 16.3. The SMILES string of the molecule is CCOC(=O)c1[nH]c(C)c(C(O)=C2C(=O)C(=O)N(CCCN(CC)CC)[C@H]2c2cccs2)c1C. The Kier molecular flexibility index (Phi) is 8.33. The van der Waals surface area contributed by atoms with Gasteiger partial charge in [0.05, 0.1) is 18.2 Å². The molecule has 2 aromatic heterocycles. The molecule has 3 heterocycles. The van der Waals surface area contributed by atoms with Crippen molar-refractivity contribution in [3.05, 3.63) is 50.5 Å². The Bertz CT molecular complexity index is 1080. The van der Waals surface area contributed by atoms with Gasteiger partial charge in [-0.05, 0) is 63.8 Å². The van der Waals surface area contributed by atoms with E-state index >= 15 is 0 Å². The average molecular weight is 488 g/mol. The number of carbonyl (C=O) groups excluding carboxylic acids is 3. The number of nitrogens with zero attached hydrogens (tertiary/aromatic N) is 2. The minimum atomic E-state index is -0.712. The van der Waals surface area contributed by atoms with E-state index in [0.29, 0.717) is 29.8 Å². The van der Waals surface area contributed by atoms with E-state index in [4.69, 9.17) is 4.74 Å². The van der Waals surface area contributed by atoms with Crippen LogP contribution in [0.3, 0.4) is 0 Å². The fourth-order valence-corrected chi connectivity index (χ4v) is 5.35. The predicted octanol–water partition coefficient (Wildman–Crippen LogP) is 4.02. The molecule has 1 aliphatic rings. The maximum atomic E-state index is 13.2. The third-order valence-corrected chi connectivity index (χ3v) is 7.20. The number of nitrogens with one attached hydrogen (secondary N) is 1. The number of H-pyrrole nitrogens is 1. The van der Waals surface area contributed by atoms with Crippen LogP contribution in [0.15, 0.2) is 23.1 Å². The molecular weight excluding hydrogens is 454 g/mol. The monoisotopic (exact) mass is 487 g/mol. The van der Waals surface area contributed by atoms with E-state index in [1.54, 1.807) is 25.7 Å². The summed E-state index contributed by atoms with van der Waals surface area (Å²) in [5.41, 5.74) is 1.63. The Morgan fingerprint density at radius 3 is 2.53 bits per heavy atom. The number of amides is 1. The molecule has 8 nitrogen and oxygen atoms in total. The maximum absolute atomic E-state index is 13.2. The van der Waals surface area contributed by atoms with Crippen LogP contribution in [-0.2, 0) is 14.3 Å². The number of aryl methyl sites for hydroxylation is 1. The number of hydrogen-bond donors (Lipinski definition) is 2. The zero-order valence-electron chi connectivity index (χ0n) is 20.4. The van der Waals surface area contributed by atoms with Crippen molar-refractivity contribution in [2.75, 3.05) is 32.8 Å². The number of aromatic amines is 1. The number of likely N-dealkylation sites (tertiary alicyclic amines) is 1. The highest BCUT2D eigenvalue weighted by molar-refractivity contribution is 7.10. The second-order valence-corrected chi connectivity index (χ2v) is 9.21. The number of carbonyl (C=O) groups is 3. The molecule has 1 fully saturated rings. The molecule has 0 radical (unpaired) electrons. The summed E-state index contributed by atoms with van der Waals surface area (Å²) in [4.78, 5) is 46.2. The first-order valence-corrected chi connectivity index (χ1v) is 12.5. The zero-order chi connectivity index (χ0) is 25.0. The van der Waals surface area contributed by atoms with E-state index in [9.17, 15) is 19.5 Å². The van der Waals surface area contributed by atoms with Crippen molar-refractivity contribution in [3.63, 3.8) is 0 Å². The maximum Gasteiger partial charge on any atom is 0.355 e. The molecule has 3 rings (SSSR count). The van der Waals surface area contributed by atoms with Gasteiger partial charge in [0.1, 0.15) is 11.5 Å². The number of rotatable bonds is 10. The number of Topliss-reactive ketones (excluding diaryl/α,β-unsaturated/α-hetero) is 1. The highest BCUT2D eigenvalue weighted by Gasteiger charge is 2.46. The number of aliphatic hydroxyl groups is 1. The van der Waals surface area contributed by atoms with Crippen LogP contribution in [0.1, 0.15) is 65.4 Å². The number of ether oxygens (including phenoxy) is 1. The van der Waals surface area contributed by atoms with Crippen LogP contribution in [0.2, 0.25) is 0 Å². The molecule has 2 aromatic rings. The fraction of sp³-hybridized carbons (Fsp3) is 0.480. The van der Waals surface area contributed by atoms with Crippen LogP contribution in [0.4, 0.5) is 0 Å². The molecule has 0 aliphatic carbocycles. The summed E-state index contributed by atoms with van der Waals surface area (Å²) in [7, 11) is 0. The fourth-order valence-electron chi connectivity index (χ4n) is 4.51. The van der Waals surface area contributed by atoms with Crippen LogP contribution >= 0.6 is 11.3 Å². The molecular formula is C25H33N3O5S. The Balaban J connectivity index is 2.05. The van der Waals surface area contributed by atoms with Gasteiger partial charge >= 0.3 is 5.97 Å². The number of aromatic nitrogens is 1. The van der Waals surface area contributed by atoms with Crippen molar-refractivity contribution < 1.29 is 24.2 Å². The van der Waals surface area contributed by atoms with E-state index in [-0.39, 0.29) is 23.6 Å². The lowest BCUT2D eigenvalue weighted by atomic mass is 9.97. The van der Waals surface area contributed by atoms with Crippen molar-refractivity contribution in [1.82, 2.24) is 14.8 Å². The number of ketones is 1. The van der Waals surface area contributed by atoms with E-state index in [1.165, 1.54) is 11.3 Å². The van der Waals surface area contributed by atoms with Crippen molar-refractivity contribution in [2.24, 2.45) is 0 Å². The number of thiophene rings is 1. The summed E-state index contributed by atoms with van der Waals surface area (Å²) < 4.78 is 5.10. The molecule has 2 N–H and O–H groups in total. The van der Waals surface area contributed by atoms with Crippen molar-refractivity contribution in [1.29, 1.82) is 0 Å². The molecule has 0 aromatic carbocycles. The zero-order valence-corrected chi connectivity index (χ0v) is 21.3. The van der Waals surface area contributed by atoms with Crippen LogP contribution in [0.25, 0.3) is 5.76 Å². The van der Waals surface area contributed by atoms with Crippen molar-refractivity contribution in [2.45, 2.75) is 47.1 Å². The summed E-state index contributed by atoms with van der Waals surface area (Å²) in [6.45, 7) is 12.6. The lowest BCUT2D eigenvalue weighted by Gasteiger charge is -2.25. The van der Waals surface area contributed by atoms with Crippen LogP contribution in [0.5, 0.6) is 0 Å². The summed E-state index contributed by atoms with van der Waals surface area (Å²) in [6.07, 6.45) is 0.714. The Hall–Kier alpha value is -2.91. The predicted molar refractivity (Wildman–Crippen MR) is 132 cm³/mol. The second-order valence-electron chi connectivity index (χ2n) is 8.23. The third kappa shape index (κ3) is 4.81. The van der Waals surface area contributed by atoms with E-state index in [1.807, 2.05) is 17.5 Å². The van der Waals surface area contributed by atoms with Crippen LogP contribution in [-0.4, -0.2) is 70.3 Å². The van der Waals surface area contributed by atoms with Gasteiger partial charge in [0.25, 0.3) is 11.7 Å². The lowest BCUT2D eigenvalue weighted by Crippen LogP contribution is -2.33. The molecule has 0 bridgehead atoms. The third-order valence-electron chi connectivity index (χ3n) is 6.27. The first kappa shape index (κ1) is 25.7. The Morgan fingerprint density at radius 1 is 1.24 bits per heavy atom. The first-order valence-electron chi connectivity index (χ1n) is 11.7. The lowest BCUT2D eigenvalue weighted by molar-refractivity contribution is -0.139. The van der Waals surface area contributed by atoms with E-state index < -0.39 is 23.7 Å². The normalized spacial score (nSPS) is 17.7. The summed E-state index contributed by atoms with van der Waals surface area (Å²) in [5, 5.41) is 13.3. The smallest absolute Gasteiger partial charge is 0.355 e. The largest absolute Gasteiger partial charge is 0.507 e. The van der Waals surface area contributed by atoms with Gasteiger partial charge in [0.2, 0.25) is 0 Å². The number of hydrogen-bond acceptors (Lipinski definition) is 7. The van der Waals surface area contributed by atoms with Gasteiger partial charge in [-0.3, -0.25) is 9.59 Å². The van der Waals surface area contributed by atoms with Gasteiger partial charge in [-0.2, -0.15) is 0 Å². The number of esters is 1. The molecule has 184 valence electrons. The van der Waals surface area contributed by atoms with Gasteiger partial charge in [0.15, 0.2) is 0 Å². The van der Waals surface area contributed by atoms with Gasteiger partial charge in [-0.1, -0.05) is 19.9 Å². The Labute approximate surface area is 204 Å². The molecule has 1 aliphatic heterocycles. The van der Waals surface area contributed by atoms with Gasteiger partial charge in [-0.15, -0.1) is 11.3 Å². The summed E-state index contributed by atoms with van der Waals surface area (Å²) in [5.74, 6) is -2.13. The highest BCUT2D eigenvalue weighted by atomic mass is 32.1. The van der Waals surface area contributed by atoms with E-state index in [0.717, 1.165) is 24.5 Å². The molecule has 0 spiro atoms. The van der Waals surface area contributed by atoms with Gasteiger partial charge < -0.3 is 24.6 Å². The average Bonchev–Trinajstić information content (AvgIpc) is 3.50. The Morgan fingerprint density at radius 2 is 1.94 bits per heavy atom. The number of aliphatic hydroxyl groups excluding tert-OH is 1. The summed E-state index contributed by atoms with van der Waals surface area (Å²) >= 11 is 1.43. The van der Waals surface area contributed by atoms with Gasteiger partial charge in [-0.25, -0.2) is 4.79 Å². The molecule has 34 heavy (non-hydrogen) atoms. The highest BCUT2D eigenvalue weighted by Crippen LogP contribution is 2.42. The van der Waals surface area contributed by atoms with Crippen molar-refractivity contribution in [3.8, 4) is 0 Å². The standard InChI is InChI=1S/C25H33N3O5S/c1-6-27(7-2)12-10-13-28-21(17-11-9-14-34-17)19(23(30)24(28)31)22(29)18-15(4)20(26-16(18)5)25(32)33-8-3/h9,11,14,21,26,29H,6-8,10,12-13H2,1-5H3/t21-/m0/s1. The molecule has 1 amide bonds. The topological polar surface area (TPSA) is 103 Å². The molecule has 0 unspecified atom stereocenters. The molecule has 9 heteroatoms. The van der Waals surface area contributed by atoms with Crippen molar-refractivity contribution >= 4 is 34.8 Å². The van der Waals surface area contributed by atoms with Gasteiger partial charge in [0, 0.05) is 22.7 Å². The minimum Gasteiger partial charge on any atom is -0.507 e. The van der Waals surface area contributed by atoms with Crippen LogP contribution in [0, 0.1) is 13.8 Å². The quantitative estimate of drug-likeness (QED) is 0.227. The van der Waals surface area contributed by atoms with E-state index in [2.05, 4.69) is 23.7 Å². The molecule has 0 saturated carbocycles.